The number of carbonyl (C=O) groups excluding carboxylic acids is 2. The molecule has 0 aliphatic carbocycles. The fourth-order valence-electron chi connectivity index (χ4n) is 4.19. The number of aliphatic hydroxyl groups is 1. The molecule has 11 heteroatoms. The molecule has 0 saturated carbocycles. The second-order valence-corrected chi connectivity index (χ2v) is 9.84. The van der Waals surface area contributed by atoms with E-state index in [1.54, 1.807) is 41.3 Å². The Kier molecular flexibility index (Phi) is 10.1. The number of nitrogens with two attached hydrogens (primary N) is 1. The summed E-state index contributed by atoms with van der Waals surface area (Å²) in [6.07, 6.45) is 4.40. The molecule has 0 unspecified atom stereocenters. The van der Waals surface area contributed by atoms with Crippen molar-refractivity contribution in [3.63, 3.8) is 0 Å². The van der Waals surface area contributed by atoms with Gasteiger partial charge in [-0.15, -0.1) is 0 Å². The Morgan fingerprint density at radius 2 is 1.88 bits per heavy atom. The quantitative estimate of drug-likeness (QED) is 0.203. The minimum atomic E-state index is -0.815. The fourth-order valence-corrected chi connectivity index (χ4v) is 4.48. The largest absolute Gasteiger partial charge is 0.477 e. The summed E-state index contributed by atoms with van der Waals surface area (Å²) < 4.78 is 7.76. The molecule has 2 heterocycles. The average molecular weight is 582 g/mol. The lowest BCUT2D eigenvalue weighted by Gasteiger charge is -2.16. The molecule has 4 rings (SSSR count). The number of aromatic nitrogens is 3. The third-order valence-electron chi connectivity index (χ3n) is 6.13. The molecule has 0 spiro atoms. The first-order valence-corrected chi connectivity index (χ1v) is 13.5. The zero-order valence-corrected chi connectivity index (χ0v) is 23.1. The highest BCUT2D eigenvalue weighted by molar-refractivity contribution is 6.42. The van der Waals surface area contributed by atoms with Crippen LogP contribution < -0.4 is 15.8 Å². The molecule has 4 N–H and O–H groups in total. The Bertz CT molecular complexity index is 1450. The van der Waals surface area contributed by atoms with Crippen molar-refractivity contribution >= 4 is 35.0 Å². The second-order valence-electron chi connectivity index (χ2n) is 9.02. The monoisotopic (exact) mass is 581 g/mol. The van der Waals surface area contributed by atoms with Crippen molar-refractivity contribution in [2.75, 3.05) is 13.2 Å². The van der Waals surface area contributed by atoms with Crippen LogP contribution in [-0.4, -0.2) is 50.9 Å². The molecule has 40 heavy (non-hydrogen) atoms. The summed E-state index contributed by atoms with van der Waals surface area (Å²) in [5, 5.41) is 18.0. The van der Waals surface area contributed by atoms with Crippen molar-refractivity contribution in [3.05, 3.63) is 94.2 Å². The van der Waals surface area contributed by atoms with Crippen molar-refractivity contribution in [2.24, 2.45) is 5.73 Å². The Labute approximate surface area is 241 Å². The molecular formula is C29H29Cl2N5O4. The number of halogens is 2. The van der Waals surface area contributed by atoms with Crippen LogP contribution in [0, 0.1) is 0 Å². The van der Waals surface area contributed by atoms with E-state index in [9.17, 15) is 14.7 Å². The van der Waals surface area contributed by atoms with E-state index in [0.717, 1.165) is 11.1 Å². The maximum absolute atomic E-state index is 12.6. The first-order valence-electron chi connectivity index (χ1n) is 12.7. The van der Waals surface area contributed by atoms with Crippen LogP contribution >= 0.6 is 23.2 Å². The zero-order valence-electron chi connectivity index (χ0n) is 21.6. The Hall–Kier alpha value is -3.92. The molecular weight excluding hydrogens is 553 g/mol. The normalized spacial score (nSPS) is 11.7. The highest BCUT2D eigenvalue weighted by Gasteiger charge is 2.23. The van der Waals surface area contributed by atoms with Crippen LogP contribution in [0.25, 0.3) is 16.9 Å². The maximum atomic E-state index is 12.6. The van der Waals surface area contributed by atoms with Gasteiger partial charge in [0.05, 0.1) is 22.3 Å². The number of pyridine rings is 1. The van der Waals surface area contributed by atoms with E-state index >= 15 is 0 Å². The predicted octanol–water partition coefficient (Wildman–Crippen LogP) is 4.15. The molecule has 2 aromatic heterocycles. The van der Waals surface area contributed by atoms with Gasteiger partial charge in [-0.1, -0.05) is 53.5 Å². The number of aliphatic hydroxyl groups excluding tert-OH is 1. The molecule has 2 amide bonds. The van der Waals surface area contributed by atoms with Crippen LogP contribution in [0.2, 0.25) is 10.0 Å². The SMILES string of the molecule is NC(=O)[C@@H](Cc1ccccc1)NC(=O)CCCOc1c(CCO)c(-c2cccnc2)nn1-c1ccc(Cl)c(Cl)c1. The highest BCUT2D eigenvalue weighted by Crippen LogP contribution is 2.34. The van der Waals surface area contributed by atoms with Crippen LogP contribution in [0.1, 0.15) is 24.0 Å². The van der Waals surface area contributed by atoms with Gasteiger partial charge in [-0.3, -0.25) is 14.6 Å². The molecule has 4 aromatic rings. The summed E-state index contributed by atoms with van der Waals surface area (Å²) >= 11 is 12.4. The van der Waals surface area contributed by atoms with Gasteiger partial charge in [0.25, 0.3) is 0 Å². The zero-order chi connectivity index (χ0) is 28.5. The second kappa shape index (κ2) is 13.9. The van der Waals surface area contributed by atoms with Crippen molar-refractivity contribution in [1.29, 1.82) is 0 Å². The number of benzene rings is 2. The first-order chi connectivity index (χ1) is 19.4. The number of nitrogens with one attached hydrogen (secondary N) is 1. The minimum Gasteiger partial charge on any atom is -0.477 e. The van der Waals surface area contributed by atoms with E-state index in [2.05, 4.69) is 10.3 Å². The van der Waals surface area contributed by atoms with Crippen molar-refractivity contribution in [3.8, 4) is 22.8 Å². The number of carbonyl (C=O) groups is 2. The lowest BCUT2D eigenvalue weighted by Crippen LogP contribution is -2.45. The summed E-state index contributed by atoms with van der Waals surface area (Å²) in [7, 11) is 0. The van der Waals surface area contributed by atoms with Crippen molar-refractivity contribution in [2.45, 2.75) is 31.7 Å². The van der Waals surface area contributed by atoms with Gasteiger partial charge in [0.2, 0.25) is 17.7 Å². The van der Waals surface area contributed by atoms with Gasteiger partial charge >= 0.3 is 0 Å². The van der Waals surface area contributed by atoms with Crippen LogP contribution in [0.3, 0.4) is 0 Å². The van der Waals surface area contributed by atoms with E-state index in [1.165, 1.54) is 0 Å². The van der Waals surface area contributed by atoms with Crippen LogP contribution in [0.5, 0.6) is 5.88 Å². The van der Waals surface area contributed by atoms with E-state index in [4.69, 9.17) is 38.8 Å². The molecule has 208 valence electrons. The Morgan fingerprint density at radius 3 is 2.55 bits per heavy atom. The number of hydrogen-bond acceptors (Lipinski definition) is 6. The summed E-state index contributed by atoms with van der Waals surface area (Å²) in [6, 6.07) is 17.3. The Morgan fingerprint density at radius 1 is 1.07 bits per heavy atom. The van der Waals surface area contributed by atoms with E-state index in [-0.39, 0.29) is 32.0 Å². The van der Waals surface area contributed by atoms with E-state index in [0.29, 0.717) is 45.7 Å². The predicted molar refractivity (Wildman–Crippen MR) is 154 cm³/mol. The molecule has 0 aliphatic rings. The van der Waals surface area contributed by atoms with Gasteiger partial charge in [0, 0.05) is 49.4 Å². The third-order valence-corrected chi connectivity index (χ3v) is 6.87. The molecule has 0 radical (unpaired) electrons. The summed E-state index contributed by atoms with van der Waals surface area (Å²) in [6.45, 7) is 0.0419. The summed E-state index contributed by atoms with van der Waals surface area (Å²) in [5.74, 6) is -0.505. The first kappa shape index (κ1) is 29.1. The van der Waals surface area contributed by atoms with Crippen LogP contribution in [0.4, 0.5) is 0 Å². The van der Waals surface area contributed by atoms with Gasteiger partial charge in [-0.25, -0.2) is 4.68 Å². The number of primary amides is 1. The summed E-state index contributed by atoms with van der Waals surface area (Å²) in [4.78, 5) is 28.7. The topological polar surface area (TPSA) is 132 Å². The number of ether oxygens (including phenoxy) is 1. The van der Waals surface area contributed by atoms with Crippen LogP contribution in [-0.2, 0) is 22.4 Å². The highest BCUT2D eigenvalue weighted by atomic mass is 35.5. The minimum absolute atomic E-state index is 0.115. The summed E-state index contributed by atoms with van der Waals surface area (Å²) in [5.41, 5.74) is 9.07. The standard InChI is InChI=1S/C29H29Cl2N5O4/c30-23-11-10-21(17-24(23)31)36-29(22(12-14-37)27(35-36)20-8-4-13-33-18-20)40-15-5-9-26(38)34-25(28(32)39)16-19-6-2-1-3-7-19/h1-4,6-8,10-11,13,17-18,25,37H,5,9,12,14-16H2,(H2,32,39)(H,34,38)/t25-/m1/s1. The van der Waals surface area contributed by atoms with Gasteiger partial charge in [0.1, 0.15) is 11.7 Å². The lowest BCUT2D eigenvalue weighted by atomic mass is 10.1. The molecule has 0 aliphatic heterocycles. The van der Waals surface area contributed by atoms with Gasteiger partial charge in [0.15, 0.2) is 0 Å². The number of nitrogens with zero attached hydrogens (tertiary/aromatic N) is 3. The maximum Gasteiger partial charge on any atom is 0.240 e. The average Bonchev–Trinajstić information content (AvgIpc) is 3.31. The Balaban J connectivity index is 1.49. The molecule has 0 bridgehead atoms. The van der Waals surface area contributed by atoms with Crippen molar-refractivity contribution < 1.29 is 19.4 Å². The van der Waals surface area contributed by atoms with Crippen molar-refractivity contribution in [1.82, 2.24) is 20.1 Å². The number of rotatable bonds is 13. The number of amides is 2. The smallest absolute Gasteiger partial charge is 0.240 e. The molecule has 1 atom stereocenters. The molecule has 2 aromatic carbocycles. The lowest BCUT2D eigenvalue weighted by molar-refractivity contribution is -0.127. The van der Waals surface area contributed by atoms with Gasteiger partial charge < -0.3 is 20.9 Å². The van der Waals surface area contributed by atoms with Gasteiger partial charge in [-0.2, -0.15) is 5.10 Å². The molecule has 9 nitrogen and oxygen atoms in total. The van der Waals surface area contributed by atoms with Gasteiger partial charge in [-0.05, 0) is 42.3 Å². The fraction of sp³-hybridized carbons (Fsp3) is 0.241. The third kappa shape index (κ3) is 7.38. The van der Waals surface area contributed by atoms with E-state index in [1.807, 2.05) is 36.4 Å². The number of hydrogen-bond donors (Lipinski definition) is 3. The molecule has 0 fully saturated rings. The van der Waals surface area contributed by atoms with E-state index < -0.39 is 11.9 Å². The van der Waals surface area contributed by atoms with Crippen LogP contribution in [0.15, 0.2) is 73.1 Å². The molecule has 0 saturated heterocycles.